The third-order valence-corrected chi connectivity index (χ3v) is 2.84. The fraction of sp³-hybridized carbons (Fsp3) is 0.727. The minimum absolute atomic E-state index is 0.231. The minimum Gasteiger partial charge on any atom is -0.358 e. The fourth-order valence-electron chi connectivity index (χ4n) is 2.07. The maximum absolute atomic E-state index is 5.64. The van der Waals surface area contributed by atoms with Gasteiger partial charge in [0.15, 0.2) is 0 Å². The maximum atomic E-state index is 5.64. The second-order valence-corrected chi connectivity index (χ2v) is 4.24. The fourth-order valence-corrected chi connectivity index (χ4v) is 2.07. The summed E-state index contributed by atoms with van der Waals surface area (Å²) in [5, 5.41) is 0. The van der Waals surface area contributed by atoms with Crippen LogP contribution in [0.15, 0.2) is 6.33 Å². The SMILES string of the molecule is Cc1c(C(C)C)ncn1C1CCCO1. The van der Waals surface area contributed by atoms with Gasteiger partial charge in [0, 0.05) is 12.3 Å². The Kier molecular flexibility index (Phi) is 2.59. The molecule has 0 N–H and O–H groups in total. The lowest BCUT2D eigenvalue weighted by Gasteiger charge is -2.13. The zero-order valence-corrected chi connectivity index (χ0v) is 9.16. The Labute approximate surface area is 85.1 Å². The molecule has 14 heavy (non-hydrogen) atoms. The molecule has 0 saturated carbocycles. The number of nitrogens with zero attached hydrogens (tertiary/aromatic N) is 2. The summed E-state index contributed by atoms with van der Waals surface area (Å²) in [5.74, 6) is 0.498. The van der Waals surface area contributed by atoms with Crippen LogP contribution in [0.4, 0.5) is 0 Å². The van der Waals surface area contributed by atoms with Gasteiger partial charge < -0.3 is 9.30 Å². The molecule has 78 valence electrons. The first-order chi connectivity index (χ1) is 6.70. The van der Waals surface area contributed by atoms with Crippen LogP contribution in [0.5, 0.6) is 0 Å². The highest BCUT2D eigenvalue weighted by atomic mass is 16.5. The Morgan fingerprint density at radius 1 is 1.57 bits per heavy atom. The van der Waals surface area contributed by atoms with Crippen LogP contribution in [0, 0.1) is 6.92 Å². The molecule has 1 unspecified atom stereocenters. The van der Waals surface area contributed by atoms with Crippen molar-refractivity contribution < 1.29 is 4.74 Å². The molecule has 1 aliphatic heterocycles. The molecule has 3 nitrogen and oxygen atoms in total. The molecule has 3 heteroatoms. The third-order valence-electron chi connectivity index (χ3n) is 2.84. The normalized spacial score (nSPS) is 22.1. The van der Waals surface area contributed by atoms with Gasteiger partial charge in [-0.2, -0.15) is 0 Å². The Hall–Kier alpha value is -0.830. The highest BCUT2D eigenvalue weighted by molar-refractivity contribution is 5.15. The molecule has 1 aliphatic rings. The van der Waals surface area contributed by atoms with Crippen LogP contribution < -0.4 is 0 Å². The van der Waals surface area contributed by atoms with Crippen LogP contribution in [-0.2, 0) is 4.74 Å². The van der Waals surface area contributed by atoms with E-state index in [9.17, 15) is 0 Å². The largest absolute Gasteiger partial charge is 0.358 e. The van der Waals surface area contributed by atoms with Crippen LogP contribution in [0.1, 0.15) is 50.2 Å². The summed E-state index contributed by atoms with van der Waals surface area (Å²) >= 11 is 0. The summed E-state index contributed by atoms with van der Waals surface area (Å²) in [6.45, 7) is 7.37. The summed E-state index contributed by atoms with van der Waals surface area (Å²) < 4.78 is 7.80. The predicted octanol–water partition coefficient (Wildman–Crippen LogP) is 2.62. The van der Waals surface area contributed by atoms with Gasteiger partial charge in [0.2, 0.25) is 0 Å². The summed E-state index contributed by atoms with van der Waals surface area (Å²) in [4.78, 5) is 4.44. The van der Waals surface area contributed by atoms with E-state index in [1.807, 2.05) is 6.33 Å². The van der Waals surface area contributed by atoms with Gasteiger partial charge in [0.1, 0.15) is 6.23 Å². The van der Waals surface area contributed by atoms with E-state index in [4.69, 9.17) is 4.74 Å². The molecule has 1 saturated heterocycles. The molecule has 0 spiro atoms. The molecule has 1 atom stereocenters. The quantitative estimate of drug-likeness (QED) is 0.723. The van der Waals surface area contributed by atoms with Gasteiger partial charge in [-0.25, -0.2) is 4.98 Å². The highest BCUT2D eigenvalue weighted by Crippen LogP contribution is 2.27. The Balaban J connectivity index is 2.26. The van der Waals surface area contributed by atoms with Gasteiger partial charge in [-0.3, -0.25) is 0 Å². The van der Waals surface area contributed by atoms with Crippen LogP contribution in [0.3, 0.4) is 0 Å². The Bertz CT molecular complexity index is 311. The van der Waals surface area contributed by atoms with Crippen molar-refractivity contribution in [1.82, 2.24) is 9.55 Å². The average molecular weight is 194 g/mol. The van der Waals surface area contributed by atoms with E-state index >= 15 is 0 Å². The molecular weight excluding hydrogens is 176 g/mol. The zero-order valence-electron chi connectivity index (χ0n) is 9.16. The lowest BCUT2D eigenvalue weighted by atomic mass is 10.1. The molecule has 0 aliphatic carbocycles. The van der Waals surface area contributed by atoms with E-state index < -0.39 is 0 Å². The molecule has 0 aromatic carbocycles. The van der Waals surface area contributed by atoms with Gasteiger partial charge in [0.25, 0.3) is 0 Å². The number of imidazole rings is 1. The molecule has 1 aromatic heterocycles. The highest BCUT2D eigenvalue weighted by Gasteiger charge is 2.20. The summed E-state index contributed by atoms with van der Waals surface area (Å²) in [7, 11) is 0. The molecule has 2 rings (SSSR count). The van der Waals surface area contributed by atoms with Gasteiger partial charge in [-0.1, -0.05) is 13.8 Å². The molecular formula is C11H18N2O. The van der Waals surface area contributed by atoms with Crippen molar-refractivity contribution >= 4 is 0 Å². The van der Waals surface area contributed by atoms with Gasteiger partial charge >= 0.3 is 0 Å². The third kappa shape index (κ3) is 1.57. The number of aromatic nitrogens is 2. The van der Waals surface area contributed by atoms with E-state index in [0.29, 0.717) is 5.92 Å². The molecule has 1 fully saturated rings. The number of ether oxygens (including phenoxy) is 1. The summed E-state index contributed by atoms with van der Waals surface area (Å²) in [6, 6.07) is 0. The van der Waals surface area contributed by atoms with Crippen molar-refractivity contribution in [1.29, 1.82) is 0 Å². The molecule has 0 amide bonds. The maximum Gasteiger partial charge on any atom is 0.135 e. The van der Waals surface area contributed by atoms with E-state index in [0.717, 1.165) is 13.0 Å². The van der Waals surface area contributed by atoms with Crippen molar-refractivity contribution in [3.63, 3.8) is 0 Å². The van der Waals surface area contributed by atoms with Gasteiger partial charge in [-0.05, 0) is 25.7 Å². The number of rotatable bonds is 2. The van der Waals surface area contributed by atoms with Crippen LogP contribution in [0.2, 0.25) is 0 Å². The lowest BCUT2D eigenvalue weighted by molar-refractivity contribution is 0.0550. The smallest absolute Gasteiger partial charge is 0.135 e. The molecule has 0 bridgehead atoms. The molecule has 0 radical (unpaired) electrons. The zero-order chi connectivity index (χ0) is 10.1. The predicted molar refractivity (Wildman–Crippen MR) is 55.3 cm³/mol. The van der Waals surface area contributed by atoms with E-state index in [2.05, 4.69) is 30.3 Å². The minimum atomic E-state index is 0.231. The van der Waals surface area contributed by atoms with E-state index in [1.165, 1.54) is 17.8 Å². The molecule has 2 heterocycles. The summed E-state index contributed by atoms with van der Waals surface area (Å²) in [5.41, 5.74) is 2.45. The van der Waals surface area contributed by atoms with Crippen LogP contribution in [0.25, 0.3) is 0 Å². The first kappa shape index (κ1) is 9.71. The Morgan fingerprint density at radius 3 is 2.86 bits per heavy atom. The van der Waals surface area contributed by atoms with Gasteiger partial charge in [-0.15, -0.1) is 0 Å². The average Bonchev–Trinajstić information content (AvgIpc) is 2.71. The first-order valence-corrected chi connectivity index (χ1v) is 5.35. The van der Waals surface area contributed by atoms with Crippen molar-refractivity contribution in [2.24, 2.45) is 0 Å². The number of hydrogen-bond donors (Lipinski definition) is 0. The molecule has 1 aromatic rings. The monoisotopic (exact) mass is 194 g/mol. The topological polar surface area (TPSA) is 27.1 Å². The second-order valence-electron chi connectivity index (χ2n) is 4.24. The summed E-state index contributed by atoms with van der Waals surface area (Å²) in [6.07, 6.45) is 4.43. The first-order valence-electron chi connectivity index (χ1n) is 5.35. The second kappa shape index (κ2) is 3.73. The van der Waals surface area contributed by atoms with Crippen LogP contribution >= 0.6 is 0 Å². The van der Waals surface area contributed by atoms with Crippen molar-refractivity contribution in [2.45, 2.75) is 45.8 Å². The van der Waals surface area contributed by atoms with Crippen molar-refractivity contribution in [3.05, 3.63) is 17.7 Å². The Morgan fingerprint density at radius 2 is 2.36 bits per heavy atom. The van der Waals surface area contributed by atoms with Crippen molar-refractivity contribution in [3.8, 4) is 0 Å². The standard InChI is InChI=1S/C11H18N2O/c1-8(2)11-9(3)13(7-12-11)10-5-4-6-14-10/h7-8,10H,4-6H2,1-3H3. The van der Waals surface area contributed by atoms with Gasteiger partial charge in [0.05, 0.1) is 12.0 Å². The van der Waals surface area contributed by atoms with E-state index in [-0.39, 0.29) is 6.23 Å². The van der Waals surface area contributed by atoms with E-state index in [1.54, 1.807) is 0 Å². The number of hydrogen-bond acceptors (Lipinski definition) is 2. The lowest BCUT2D eigenvalue weighted by Crippen LogP contribution is -2.08. The van der Waals surface area contributed by atoms with Crippen molar-refractivity contribution in [2.75, 3.05) is 6.61 Å². The van der Waals surface area contributed by atoms with Crippen LogP contribution in [-0.4, -0.2) is 16.2 Å².